The van der Waals surface area contributed by atoms with E-state index in [4.69, 9.17) is 0 Å². The van der Waals surface area contributed by atoms with Crippen molar-refractivity contribution in [1.82, 2.24) is 4.98 Å². The Morgan fingerprint density at radius 2 is 1.53 bits per heavy atom. The largest absolute Gasteiger partial charge is 0.256 e. The average Bonchev–Trinajstić information content (AvgIpc) is 3.63. The maximum absolute atomic E-state index is 12.6. The highest BCUT2D eigenvalue weighted by atomic mass is 32.2. The van der Waals surface area contributed by atoms with Crippen LogP contribution in [-0.2, 0) is 14.6 Å². The summed E-state index contributed by atoms with van der Waals surface area (Å²) in [5, 5.41) is 0.942. The van der Waals surface area contributed by atoms with Crippen LogP contribution < -0.4 is 0 Å². The minimum absolute atomic E-state index is 0.709. The highest BCUT2D eigenvalue weighted by Gasteiger charge is 2.33. The highest BCUT2D eigenvalue weighted by molar-refractivity contribution is 7.91. The third-order valence-corrected chi connectivity index (χ3v) is 8.86. The topological polar surface area (TPSA) is 47.0 Å². The van der Waals surface area contributed by atoms with Crippen molar-refractivity contribution in [3.63, 3.8) is 0 Å². The molecule has 162 valence electrons. The number of nitrogens with zero attached hydrogens (tertiary/aromatic N) is 1. The van der Waals surface area contributed by atoms with Gasteiger partial charge in [0.1, 0.15) is 0 Å². The molecule has 5 rings (SSSR count). The van der Waals surface area contributed by atoms with Crippen molar-refractivity contribution in [2.24, 2.45) is 0 Å². The number of sulfone groups is 1. The lowest BCUT2D eigenvalue weighted by molar-refractivity contribution is 0.561. The summed E-state index contributed by atoms with van der Waals surface area (Å²) in [5.74, 6) is 0.709. The quantitative estimate of drug-likeness (QED) is 0.345. The first-order valence-electron chi connectivity index (χ1n) is 11.0. The van der Waals surface area contributed by atoms with Crippen LogP contribution in [0.5, 0.6) is 0 Å². The Morgan fingerprint density at radius 3 is 2.25 bits per heavy atom. The van der Waals surface area contributed by atoms with Crippen molar-refractivity contribution >= 4 is 20.7 Å². The summed E-state index contributed by atoms with van der Waals surface area (Å²) in [7, 11) is -3.30. The molecule has 1 aliphatic rings. The lowest BCUT2D eigenvalue weighted by Crippen LogP contribution is -2.28. The Labute approximate surface area is 190 Å². The van der Waals surface area contributed by atoms with Crippen molar-refractivity contribution in [1.29, 1.82) is 0 Å². The second-order valence-electron chi connectivity index (χ2n) is 9.36. The van der Waals surface area contributed by atoms with Crippen LogP contribution in [0.25, 0.3) is 33.2 Å². The molecule has 3 nitrogen and oxygen atoms in total. The van der Waals surface area contributed by atoms with E-state index in [2.05, 4.69) is 53.5 Å². The minimum atomic E-state index is -3.30. The van der Waals surface area contributed by atoms with Crippen LogP contribution in [0.4, 0.5) is 0 Å². The number of aromatic nitrogens is 1. The monoisotopic (exact) mass is 441 g/mol. The van der Waals surface area contributed by atoms with Crippen molar-refractivity contribution < 1.29 is 8.42 Å². The molecule has 1 aliphatic carbocycles. The molecule has 3 aromatic carbocycles. The highest BCUT2D eigenvalue weighted by Crippen LogP contribution is 2.42. The van der Waals surface area contributed by atoms with Crippen LogP contribution in [0.1, 0.15) is 43.7 Å². The predicted octanol–water partition coefficient (Wildman–Crippen LogP) is 6.73. The zero-order valence-electron chi connectivity index (χ0n) is 18.7. The summed E-state index contributed by atoms with van der Waals surface area (Å²) in [6, 6.07) is 25.1. The van der Waals surface area contributed by atoms with Gasteiger partial charge in [-0.25, -0.2) is 8.42 Å². The van der Waals surface area contributed by atoms with Crippen LogP contribution >= 0.6 is 0 Å². The van der Waals surface area contributed by atoms with E-state index in [1.807, 2.05) is 24.3 Å². The van der Waals surface area contributed by atoms with Gasteiger partial charge in [0.05, 0.1) is 10.3 Å². The van der Waals surface area contributed by atoms with Gasteiger partial charge < -0.3 is 0 Å². The summed E-state index contributed by atoms with van der Waals surface area (Å²) in [4.78, 5) is 4.64. The van der Waals surface area contributed by atoms with Gasteiger partial charge in [-0.2, -0.15) is 0 Å². The summed E-state index contributed by atoms with van der Waals surface area (Å²) < 4.78 is 24.1. The number of hydrogen-bond acceptors (Lipinski definition) is 3. The Balaban J connectivity index is 1.68. The van der Waals surface area contributed by atoms with Crippen LogP contribution in [0, 0.1) is 0 Å². The van der Waals surface area contributed by atoms with E-state index in [1.165, 1.54) is 30.2 Å². The summed E-state index contributed by atoms with van der Waals surface area (Å²) in [6.45, 7) is 3.53. The van der Waals surface area contributed by atoms with Gasteiger partial charge in [-0.3, -0.25) is 4.98 Å². The number of rotatable bonds is 5. The molecule has 32 heavy (non-hydrogen) atoms. The molecule has 0 N–H and O–H groups in total. The lowest BCUT2D eigenvalue weighted by atomic mass is 9.92. The van der Waals surface area contributed by atoms with Gasteiger partial charge in [0, 0.05) is 23.4 Å². The fourth-order valence-electron chi connectivity index (χ4n) is 4.23. The van der Waals surface area contributed by atoms with Gasteiger partial charge >= 0.3 is 0 Å². The van der Waals surface area contributed by atoms with Crippen molar-refractivity contribution in [2.45, 2.75) is 37.4 Å². The molecule has 1 aromatic heterocycles. The molecule has 0 atom stereocenters. The maximum Gasteiger partial charge on any atom is 0.156 e. The molecule has 0 saturated heterocycles. The van der Waals surface area contributed by atoms with Gasteiger partial charge in [0.25, 0.3) is 0 Å². The maximum atomic E-state index is 12.6. The normalized spacial score (nSPS) is 14.6. The lowest BCUT2D eigenvalue weighted by Gasteiger charge is -2.24. The zero-order chi connectivity index (χ0) is 22.5. The smallest absolute Gasteiger partial charge is 0.156 e. The number of benzene rings is 3. The van der Waals surface area contributed by atoms with Gasteiger partial charge in [-0.1, -0.05) is 48.5 Å². The summed E-state index contributed by atoms with van der Waals surface area (Å²) >= 11 is 0. The molecule has 0 spiro atoms. The molecule has 0 radical (unpaired) electrons. The first-order valence-corrected chi connectivity index (χ1v) is 12.9. The van der Waals surface area contributed by atoms with Gasteiger partial charge in [0.2, 0.25) is 0 Å². The van der Waals surface area contributed by atoms with Crippen LogP contribution in [0.15, 0.2) is 79.0 Å². The first-order chi connectivity index (χ1) is 15.2. The van der Waals surface area contributed by atoms with E-state index < -0.39 is 14.6 Å². The van der Waals surface area contributed by atoms with Crippen molar-refractivity contribution in [2.75, 3.05) is 6.26 Å². The van der Waals surface area contributed by atoms with Crippen molar-refractivity contribution in [3.8, 4) is 22.3 Å². The van der Waals surface area contributed by atoms with Crippen LogP contribution in [0.2, 0.25) is 0 Å². The van der Waals surface area contributed by atoms with Crippen LogP contribution in [-0.4, -0.2) is 19.7 Å². The molecule has 4 heteroatoms. The van der Waals surface area contributed by atoms with Gasteiger partial charge in [0.15, 0.2) is 9.84 Å². The third-order valence-electron chi connectivity index (χ3n) is 6.77. The van der Waals surface area contributed by atoms with E-state index in [0.29, 0.717) is 5.92 Å². The first kappa shape index (κ1) is 20.9. The molecular weight excluding hydrogens is 414 g/mol. The fourth-order valence-corrected chi connectivity index (χ4v) is 4.78. The standard InChI is InChI=1S/C28H27NO2S/c1-28(2,32(3,30)31)25-17-24-11-6-14-29-27(24)26(18-25)23-10-5-9-22(16-23)21-8-4-7-20(15-21)19-12-13-19/h4-11,14-19H,12-13H2,1-3H3. The Kier molecular flexibility index (Phi) is 4.94. The Morgan fingerprint density at radius 1 is 0.844 bits per heavy atom. The SMILES string of the molecule is CC(C)(c1cc(-c2cccc(-c3cccc(C4CC4)c3)c2)c2ncccc2c1)S(C)(=O)=O. The van der Waals surface area contributed by atoms with Crippen molar-refractivity contribution in [3.05, 3.63) is 90.1 Å². The molecule has 4 aromatic rings. The molecule has 0 aliphatic heterocycles. The summed E-state index contributed by atoms with van der Waals surface area (Å²) in [6.07, 6.45) is 5.65. The Bertz CT molecular complexity index is 1430. The number of pyridine rings is 1. The molecule has 1 saturated carbocycles. The average molecular weight is 442 g/mol. The minimum Gasteiger partial charge on any atom is -0.256 e. The van der Waals surface area contributed by atoms with E-state index in [0.717, 1.165) is 33.2 Å². The Hall–Kier alpha value is -2.98. The molecule has 0 unspecified atom stereocenters. The van der Waals surface area contributed by atoms with E-state index in [9.17, 15) is 8.42 Å². The zero-order valence-corrected chi connectivity index (χ0v) is 19.5. The van der Waals surface area contributed by atoms with E-state index in [1.54, 1.807) is 20.0 Å². The molecular formula is C28H27NO2S. The second-order valence-corrected chi connectivity index (χ2v) is 11.9. The molecule has 0 amide bonds. The number of hydrogen-bond donors (Lipinski definition) is 0. The molecule has 1 fully saturated rings. The molecule has 0 bridgehead atoms. The van der Waals surface area contributed by atoms with Gasteiger partial charge in [-0.05, 0) is 84.7 Å². The number of fused-ring (bicyclic) bond motifs is 1. The fraction of sp³-hybridized carbons (Fsp3) is 0.250. The second kappa shape index (κ2) is 7.56. The van der Waals surface area contributed by atoms with E-state index in [-0.39, 0.29) is 0 Å². The van der Waals surface area contributed by atoms with Crippen LogP contribution in [0.3, 0.4) is 0 Å². The third kappa shape index (κ3) is 3.73. The molecule has 1 heterocycles. The summed E-state index contributed by atoms with van der Waals surface area (Å²) in [5.41, 5.74) is 7.42. The van der Waals surface area contributed by atoms with Gasteiger partial charge in [-0.15, -0.1) is 0 Å². The van der Waals surface area contributed by atoms with E-state index >= 15 is 0 Å². The predicted molar refractivity (Wildman–Crippen MR) is 132 cm³/mol.